The molecule has 0 aromatic rings. The summed E-state index contributed by atoms with van der Waals surface area (Å²) in [5, 5.41) is 13.7. The molecular formula is C21H31ClO. The van der Waals surface area contributed by atoms with Crippen LogP contribution in [0.4, 0.5) is 0 Å². The van der Waals surface area contributed by atoms with Crippen molar-refractivity contribution in [3.63, 3.8) is 0 Å². The fraction of sp³-hybridized carbons (Fsp3) is 0.905. The van der Waals surface area contributed by atoms with E-state index in [4.69, 9.17) is 11.6 Å². The fourth-order valence-corrected chi connectivity index (χ4v) is 7.75. The molecule has 0 aromatic heterocycles. The summed E-state index contributed by atoms with van der Waals surface area (Å²) in [4.78, 5) is 0. The van der Waals surface area contributed by atoms with Crippen LogP contribution in [-0.4, -0.2) is 10.7 Å². The van der Waals surface area contributed by atoms with Crippen LogP contribution in [0, 0.1) is 45.8 Å². The summed E-state index contributed by atoms with van der Waals surface area (Å²) >= 11 is 5.69. The lowest BCUT2D eigenvalue weighted by atomic mass is 9.44. The highest BCUT2D eigenvalue weighted by molar-refractivity contribution is 6.30. The number of halogens is 1. The zero-order valence-electron chi connectivity index (χ0n) is 14.7. The highest BCUT2D eigenvalue weighted by Gasteiger charge is 2.64. The molecule has 0 heterocycles. The molecule has 128 valence electrons. The van der Waals surface area contributed by atoms with Crippen molar-refractivity contribution in [2.24, 2.45) is 34.5 Å². The van der Waals surface area contributed by atoms with Crippen LogP contribution in [0.3, 0.4) is 0 Å². The Hall–Kier alpha value is -0.190. The van der Waals surface area contributed by atoms with Gasteiger partial charge in [0.05, 0.1) is 0 Å². The van der Waals surface area contributed by atoms with E-state index in [-0.39, 0.29) is 5.41 Å². The van der Waals surface area contributed by atoms with Gasteiger partial charge in [-0.1, -0.05) is 32.6 Å². The maximum Gasteiger partial charge on any atom is 0.132 e. The second-order valence-electron chi connectivity index (χ2n) is 9.48. The van der Waals surface area contributed by atoms with Gasteiger partial charge in [0.1, 0.15) is 5.60 Å². The quantitative estimate of drug-likeness (QED) is 0.592. The Labute approximate surface area is 146 Å². The largest absolute Gasteiger partial charge is 0.377 e. The van der Waals surface area contributed by atoms with Crippen molar-refractivity contribution in [2.75, 3.05) is 0 Å². The van der Waals surface area contributed by atoms with Gasteiger partial charge >= 0.3 is 0 Å². The topological polar surface area (TPSA) is 20.2 Å². The van der Waals surface area contributed by atoms with E-state index in [1.165, 1.54) is 44.9 Å². The Morgan fingerprint density at radius 1 is 0.913 bits per heavy atom. The summed E-state index contributed by atoms with van der Waals surface area (Å²) < 4.78 is 0. The molecule has 0 amide bonds. The average molecular weight is 335 g/mol. The monoisotopic (exact) mass is 334 g/mol. The van der Waals surface area contributed by atoms with E-state index in [1.54, 1.807) is 0 Å². The van der Waals surface area contributed by atoms with Crippen LogP contribution in [0.2, 0.25) is 0 Å². The van der Waals surface area contributed by atoms with Gasteiger partial charge in [-0.2, -0.15) is 0 Å². The van der Waals surface area contributed by atoms with E-state index in [2.05, 4.69) is 25.1 Å². The normalized spacial score (nSPS) is 55.1. The van der Waals surface area contributed by atoms with Crippen molar-refractivity contribution in [1.29, 1.82) is 0 Å². The number of hydrogen-bond donors (Lipinski definition) is 1. The molecule has 1 nitrogen and oxygen atoms in total. The highest BCUT2D eigenvalue weighted by Crippen LogP contribution is 2.68. The van der Waals surface area contributed by atoms with Gasteiger partial charge in [0.25, 0.3) is 0 Å². The first-order chi connectivity index (χ1) is 10.9. The van der Waals surface area contributed by atoms with Gasteiger partial charge in [0.2, 0.25) is 0 Å². The Kier molecular flexibility index (Phi) is 3.83. The number of hydrogen-bond acceptors (Lipinski definition) is 1. The van der Waals surface area contributed by atoms with Crippen LogP contribution in [0.25, 0.3) is 0 Å². The van der Waals surface area contributed by atoms with Crippen molar-refractivity contribution >= 4 is 11.6 Å². The molecule has 4 rings (SSSR count). The molecule has 0 radical (unpaired) electrons. The Bertz CT molecular complexity index is 548. The predicted molar refractivity (Wildman–Crippen MR) is 94.9 cm³/mol. The molecule has 4 aliphatic carbocycles. The smallest absolute Gasteiger partial charge is 0.132 e. The number of aliphatic hydroxyl groups is 1. The first-order valence-electron chi connectivity index (χ1n) is 9.80. The highest BCUT2D eigenvalue weighted by atomic mass is 35.5. The standard InChI is InChI=1S/C21H31ClO/c1-19-10-4-3-5-15(19)6-7-16-17(19)8-11-20(2)18(16)9-12-21(20,23)13-14-22/h15-18,23H,3-12H2,1-2H3/t15-,16-,17+,18+,19-,20-,21+/m0/s1. The lowest BCUT2D eigenvalue weighted by Crippen LogP contribution is -2.55. The Morgan fingerprint density at radius 3 is 2.48 bits per heavy atom. The SMILES string of the molecule is C[C@]12CCCC[C@H]1CC[C@H]1[C@H]2CC[C@@]2(C)[C@@H]1CC[C@@]2(O)C#CCl. The van der Waals surface area contributed by atoms with Crippen molar-refractivity contribution in [2.45, 2.75) is 83.7 Å². The van der Waals surface area contributed by atoms with Gasteiger partial charge in [-0.15, -0.1) is 0 Å². The molecule has 4 aliphatic rings. The maximum absolute atomic E-state index is 11.2. The summed E-state index contributed by atoms with van der Waals surface area (Å²) in [7, 11) is 0. The van der Waals surface area contributed by atoms with E-state index in [1.807, 2.05) is 0 Å². The van der Waals surface area contributed by atoms with Crippen LogP contribution >= 0.6 is 11.6 Å². The summed E-state index contributed by atoms with van der Waals surface area (Å²) in [5.74, 6) is 6.28. The van der Waals surface area contributed by atoms with Gasteiger partial charge in [-0.3, -0.25) is 0 Å². The van der Waals surface area contributed by atoms with Crippen LogP contribution in [0.5, 0.6) is 0 Å². The lowest BCUT2D eigenvalue weighted by Gasteiger charge is -2.60. The minimum Gasteiger partial charge on any atom is -0.377 e. The van der Waals surface area contributed by atoms with E-state index in [9.17, 15) is 5.11 Å². The molecule has 2 heteroatoms. The molecule has 1 N–H and O–H groups in total. The first kappa shape index (κ1) is 16.3. The molecule has 4 saturated carbocycles. The van der Waals surface area contributed by atoms with Crippen LogP contribution < -0.4 is 0 Å². The molecule has 0 spiro atoms. The second-order valence-corrected chi connectivity index (χ2v) is 9.67. The Balaban J connectivity index is 1.66. The maximum atomic E-state index is 11.2. The van der Waals surface area contributed by atoms with Crippen LogP contribution in [0.15, 0.2) is 0 Å². The minimum absolute atomic E-state index is 0.0477. The van der Waals surface area contributed by atoms with Crippen molar-refractivity contribution in [1.82, 2.24) is 0 Å². The van der Waals surface area contributed by atoms with Gasteiger partial charge in [-0.05, 0) is 92.1 Å². The van der Waals surface area contributed by atoms with E-state index >= 15 is 0 Å². The van der Waals surface area contributed by atoms with Gasteiger partial charge in [0, 0.05) is 10.8 Å². The molecule has 0 unspecified atom stereocenters. The minimum atomic E-state index is -0.852. The summed E-state index contributed by atoms with van der Waals surface area (Å²) in [6.45, 7) is 4.91. The van der Waals surface area contributed by atoms with E-state index < -0.39 is 5.60 Å². The Morgan fingerprint density at radius 2 is 1.70 bits per heavy atom. The van der Waals surface area contributed by atoms with Crippen molar-refractivity contribution in [3.05, 3.63) is 0 Å². The molecule has 23 heavy (non-hydrogen) atoms. The first-order valence-corrected chi connectivity index (χ1v) is 10.2. The van der Waals surface area contributed by atoms with E-state index in [0.717, 1.165) is 37.0 Å². The third-order valence-corrected chi connectivity index (χ3v) is 9.08. The number of rotatable bonds is 0. The second kappa shape index (κ2) is 5.40. The molecule has 0 bridgehead atoms. The molecular weight excluding hydrogens is 304 g/mol. The summed E-state index contributed by atoms with van der Waals surface area (Å²) in [5.41, 5.74) is -0.329. The predicted octanol–water partition coefficient (Wildman–Crippen LogP) is 5.35. The third-order valence-electron chi connectivity index (χ3n) is 8.99. The zero-order valence-corrected chi connectivity index (χ0v) is 15.5. The molecule has 7 atom stereocenters. The van der Waals surface area contributed by atoms with Crippen LogP contribution in [0.1, 0.15) is 78.1 Å². The van der Waals surface area contributed by atoms with Crippen molar-refractivity contribution in [3.8, 4) is 11.3 Å². The average Bonchev–Trinajstić information content (AvgIpc) is 2.79. The van der Waals surface area contributed by atoms with Gasteiger partial charge in [-0.25, -0.2) is 0 Å². The summed E-state index contributed by atoms with van der Waals surface area (Å²) in [6.07, 6.45) is 13.0. The fourth-order valence-electron chi connectivity index (χ4n) is 7.59. The third kappa shape index (κ3) is 2.10. The van der Waals surface area contributed by atoms with Gasteiger partial charge < -0.3 is 5.11 Å². The van der Waals surface area contributed by atoms with E-state index in [0.29, 0.717) is 11.3 Å². The van der Waals surface area contributed by atoms with Crippen molar-refractivity contribution < 1.29 is 5.11 Å². The molecule has 0 aromatic carbocycles. The molecule has 0 aliphatic heterocycles. The lowest BCUT2D eigenvalue weighted by molar-refractivity contribution is -0.134. The molecule has 4 fully saturated rings. The molecule has 0 saturated heterocycles. The van der Waals surface area contributed by atoms with Crippen LogP contribution in [-0.2, 0) is 0 Å². The number of fused-ring (bicyclic) bond motifs is 5. The zero-order chi connectivity index (χ0) is 16.3. The van der Waals surface area contributed by atoms with Gasteiger partial charge in [0.15, 0.2) is 0 Å². The summed E-state index contributed by atoms with van der Waals surface area (Å²) in [6, 6.07) is 0.